The average Bonchev–Trinajstić information content (AvgIpc) is 1.61. The summed E-state index contributed by atoms with van der Waals surface area (Å²) in [7, 11) is -13.8. The van der Waals surface area contributed by atoms with Crippen LogP contribution in [0, 0.1) is 0 Å². The Kier molecular flexibility index (Phi) is 33.6. The highest BCUT2D eigenvalue weighted by atomic mass is 32.2. The molecule has 26 nitrogen and oxygen atoms in total. The normalized spacial score (nSPS) is 16.8. The van der Waals surface area contributed by atoms with E-state index >= 15 is 0 Å². The number of urea groups is 2. The first-order chi connectivity index (χ1) is 54.6. The van der Waals surface area contributed by atoms with Crippen molar-refractivity contribution in [3.8, 4) is 0 Å². The van der Waals surface area contributed by atoms with E-state index in [9.17, 15) is 71.1 Å². The van der Waals surface area contributed by atoms with Crippen molar-refractivity contribution in [3.63, 3.8) is 0 Å². The number of anilines is 2. The van der Waals surface area contributed by atoms with Crippen LogP contribution in [0.3, 0.4) is 0 Å². The summed E-state index contributed by atoms with van der Waals surface area (Å²) in [5.74, 6) is 1.31. The Morgan fingerprint density at radius 3 is 1.10 bits per heavy atom. The van der Waals surface area contributed by atoms with Gasteiger partial charge in [-0.2, -0.15) is 49.5 Å². The van der Waals surface area contributed by atoms with Crippen LogP contribution in [0.2, 0.25) is 0 Å². The van der Waals surface area contributed by atoms with Crippen molar-refractivity contribution in [2.45, 2.75) is 190 Å². The Bertz CT molecular complexity index is 4660. The van der Waals surface area contributed by atoms with E-state index in [-0.39, 0.29) is 70.4 Å². The second-order valence-electron chi connectivity index (χ2n) is 31.8. The Morgan fingerprint density at radius 2 is 0.767 bits per heavy atom. The van der Waals surface area contributed by atoms with Gasteiger partial charge in [0.15, 0.2) is 11.4 Å². The lowest BCUT2D eigenvalue weighted by molar-refractivity contribution is -0.401. The fourth-order valence-electron chi connectivity index (χ4n) is 15.3. The van der Waals surface area contributed by atoms with E-state index in [4.69, 9.17) is 0 Å². The SMILES string of the molecule is C[N+]1=C(/C=C/C=C/C=C2/N(CCCS(=O)(=O)[O-])c3ccc(S(=O)(=O)O)cc3C2(C)C)C(C)(C)c2cc(CNC(=O)CSCCCCCCNC(=O)NCCCCCCNC(=O)NCCCCCCSCC(=O)NCc3ccc4c(c3)C(C)(C)C(/C=C/C=C/C=C3/N(CCCS(=O)(=O)[O-])c5ccc(S(=O)(=O)O)cc5C3(C)C)=[N+]4C)ccc21. The van der Waals surface area contributed by atoms with Crippen LogP contribution < -0.4 is 41.7 Å². The first-order valence-corrected chi connectivity index (χ1v) is 48.0. The first kappa shape index (κ1) is 93.6. The molecule has 0 radical (unpaired) electrons. The van der Waals surface area contributed by atoms with Crippen molar-refractivity contribution in [3.05, 3.63) is 178 Å². The number of allylic oxidation sites excluding steroid dienone is 12. The zero-order valence-corrected chi connectivity index (χ0v) is 73.2. The number of hydrogen-bond acceptors (Lipinski definition) is 18. The molecule has 0 saturated heterocycles. The Balaban J connectivity index is 0.594. The minimum atomic E-state index is -4.48. The molecule has 0 saturated carbocycles. The Morgan fingerprint density at radius 1 is 0.422 bits per heavy atom. The van der Waals surface area contributed by atoms with Crippen molar-refractivity contribution in [1.82, 2.24) is 31.9 Å². The zero-order chi connectivity index (χ0) is 84.9. The quantitative estimate of drug-likeness (QED) is 0.00882. The summed E-state index contributed by atoms with van der Waals surface area (Å²) in [4.78, 5) is 53.7. The highest BCUT2D eigenvalue weighted by molar-refractivity contribution is 8.00. The van der Waals surface area contributed by atoms with E-state index in [0.29, 0.717) is 73.3 Å². The average molecular weight is 1710 g/mol. The summed E-state index contributed by atoms with van der Waals surface area (Å²) in [5, 5.41) is 17.9. The lowest BCUT2D eigenvalue weighted by Gasteiger charge is -2.27. The van der Waals surface area contributed by atoms with Crippen LogP contribution >= 0.6 is 23.5 Å². The van der Waals surface area contributed by atoms with Crippen LogP contribution in [0.4, 0.5) is 32.3 Å². The second-order valence-corrected chi connectivity index (χ2v) is 39.9. The molecule has 4 aliphatic rings. The van der Waals surface area contributed by atoms with Crippen LogP contribution in [0.5, 0.6) is 0 Å². The van der Waals surface area contributed by atoms with Crippen molar-refractivity contribution in [2.75, 3.05) is 97.7 Å². The lowest BCUT2D eigenvalue weighted by atomic mass is 9.81. The van der Waals surface area contributed by atoms with Gasteiger partial charge < -0.3 is 50.8 Å². The summed E-state index contributed by atoms with van der Waals surface area (Å²) in [6, 6.07) is 20.8. The molecule has 116 heavy (non-hydrogen) atoms. The summed E-state index contributed by atoms with van der Waals surface area (Å²) < 4.78 is 141. The second kappa shape index (κ2) is 41.7. The molecule has 0 aromatic heterocycles. The first-order valence-electron chi connectivity index (χ1n) is 39.6. The van der Waals surface area contributed by atoms with Gasteiger partial charge in [-0.1, -0.05) is 115 Å². The number of carbonyl (C=O) groups excluding carboxylic acids is 4. The third-order valence-corrected chi connectivity index (χ3v) is 27.0. The molecule has 6 amide bonds. The minimum Gasteiger partial charge on any atom is -0.748 e. The topological polar surface area (TPSA) is 376 Å². The van der Waals surface area contributed by atoms with Crippen molar-refractivity contribution in [1.29, 1.82) is 0 Å². The number of benzene rings is 4. The molecule has 8 rings (SSSR count). The molecule has 0 fully saturated rings. The molecule has 32 heteroatoms. The maximum Gasteiger partial charge on any atom is 0.314 e. The molecule has 0 bridgehead atoms. The standard InChI is InChI=1S/C84H116N10O16S6/c1-81(2)65-53-61(35-39-69(65)91(9)73(81)31-19-17-21-33-75-83(5,6)67-55-63(115(105,106)107)37-41-71(67)93(75)47-29-51-113(99,100)101)57-89-77(95)59-111-49-27-15-13-25-45-87-79(97)85-43-23-11-12-24-44-86-80(98)88-46-26-14-16-28-50-112-60-78(96)90-58-62-36-40-70-66(54-62)82(3,4)74(92(70)10)32-20-18-22-34-76-84(7,8)68-56-64(116(108,109)110)38-42-72(68)94(76)48-30-52-114(102,103)104/h17-22,31-42,53-56H,11-16,23-30,43-52,57-60H2,1-10H3,(H8-2,85,86,87,88,89,90,95,96,97,98,99,100,101,102,103,104,105,106,107,108,109,110). The minimum absolute atomic E-state index is 0.0254. The van der Waals surface area contributed by atoms with Crippen LogP contribution in [-0.2, 0) is 84.8 Å². The molecule has 0 unspecified atom stereocenters. The zero-order valence-electron chi connectivity index (χ0n) is 68.3. The van der Waals surface area contributed by atoms with E-state index in [1.165, 1.54) is 24.3 Å². The number of amides is 6. The van der Waals surface area contributed by atoms with E-state index in [1.54, 1.807) is 35.7 Å². The van der Waals surface area contributed by atoms with Crippen molar-refractivity contribution < 1.29 is 80.2 Å². The number of hydrogen-bond donors (Lipinski definition) is 8. The maximum absolute atomic E-state index is 12.9. The highest BCUT2D eigenvalue weighted by Crippen LogP contribution is 2.51. The van der Waals surface area contributed by atoms with Crippen molar-refractivity contribution >= 4 is 122 Å². The monoisotopic (exact) mass is 1710 g/mol. The summed E-state index contributed by atoms with van der Waals surface area (Å²) in [5.41, 5.74) is 10.5. The highest BCUT2D eigenvalue weighted by Gasteiger charge is 2.46. The molecule has 8 N–H and O–H groups in total. The van der Waals surface area contributed by atoms with Crippen LogP contribution in [0.25, 0.3) is 0 Å². The number of carbonyl (C=O) groups is 4. The molecule has 0 atom stereocenters. The smallest absolute Gasteiger partial charge is 0.314 e. The number of fused-ring (bicyclic) bond motifs is 4. The van der Waals surface area contributed by atoms with Gasteiger partial charge in [-0.15, -0.1) is 0 Å². The molecule has 634 valence electrons. The van der Waals surface area contributed by atoms with Gasteiger partial charge in [0.1, 0.15) is 14.1 Å². The Hall–Kier alpha value is -7.92. The van der Waals surface area contributed by atoms with Crippen molar-refractivity contribution in [2.24, 2.45) is 0 Å². The fraction of sp³-hybridized carbons (Fsp3) is 0.500. The predicted molar refractivity (Wildman–Crippen MR) is 462 cm³/mol. The summed E-state index contributed by atoms with van der Waals surface area (Å²) in [6.45, 7) is 19.8. The molecular formula is C84H116N10O16S6. The van der Waals surface area contributed by atoms with Gasteiger partial charge >= 0.3 is 12.1 Å². The fourth-order valence-corrected chi connectivity index (χ4v) is 19.0. The molecular weight excluding hydrogens is 1600 g/mol. The van der Waals surface area contributed by atoms with Gasteiger partial charge in [0.2, 0.25) is 23.2 Å². The van der Waals surface area contributed by atoms with E-state index in [2.05, 4.69) is 93.0 Å². The predicted octanol–water partition coefficient (Wildman–Crippen LogP) is 12.3. The summed E-state index contributed by atoms with van der Waals surface area (Å²) >= 11 is 3.22. The van der Waals surface area contributed by atoms with E-state index in [0.717, 1.165) is 145 Å². The largest absolute Gasteiger partial charge is 0.748 e. The van der Waals surface area contributed by atoms with Gasteiger partial charge in [0.05, 0.1) is 52.4 Å². The van der Waals surface area contributed by atoms with Gasteiger partial charge in [0.25, 0.3) is 20.2 Å². The van der Waals surface area contributed by atoms with Crippen LogP contribution in [0.15, 0.2) is 155 Å². The molecule has 4 aromatic carbocycles. The molecule has 4 heterocycles. The van der Waals surface area contributed by atoms with Crippen LogP contribution in [0.1, 0.15) is 179 Å². The summed E-state index contributed by atoms with van der Waals surface area (Å²) in [6.07, 6.45) is 30.6. The molecule has 4 aromatic rings. The van der Waals surface area contributed by atoms with Crippen LogP contribution in [-0.4, -0.2) is 184 Å². The van der Waals surface area contributed by atoms with Gasteiger partial charge in [-0.25, -0.2) is 26.4 Å². The molecule has 0 spiro atoms. The number of nitrogens with one attached hydrogen (secondary N) is 6. The van der Waals surface area contributed by atoms with Gasteiger partial charge in [0, 0.05) is 133 Å². The number of nitrogens with zero attached hydrogens (tertiary/aromatic N) is 4. The van der Waals surface area contributed by atoms with E-state index < -0.39 is 62.8 Å². The molecule has 4 aliphatic heterocycles. The maximum atomic E-state index is 12.9. The Labute approximate surface area is 695 Å². The third-order valence-electron chi connectivity index (χ3n) is 21.7. The third kappa shape index (κ3) is 26.3. The van der Waals surface area contributed by atoms with Gasteiger partial charge in [-0.3, -0.25) is 18.7 Å². The number of unbranched alkanes of at least 4 members (excludes halogenated alkanes) is 9. The van der Waals surface area contributed by atoms with E-state index in [1.807, 2.05) is 124 Å². The number of rotatable bonds is 45. The van der Waals surface area contributed by atoms with Gasteiger partial charge in [-0.05, 0) is 174 Å². The number of thioether (sulfide) groups is 2. The lowest BCUT2D eigenvalue weighted by Crippen LogP contribution is -2.36. The molecule has 0 aliphatic carbocycles.